The molecule has 3 amide bonds. The molecule has 1 saturated heterocycles. The molecule has 0 aromatic heterocycles. The van der Waals surface area contributed by atoms with Crippen molar-refractivity contribution in [3.8, 4) is 0 Å². The van der Waals surface area contributed by atoms with Gasteiger partial charge in [0.05, 0.1) is 10.4 Å². The fraction of sp³-hybridized carbons (Fsp3) is 0.259. The fourth-order valence-corrected chi connectivity index (χ4v) is 6.08. The number of quaternary nitrogens is 1. The summed E-state index contributed by atoms with van der Waals surface area (Å²) in [5, 5.41) is 4.36. The number of nitrogens with two attached hydrogens (primary N) is 1. The van der Waals surface area contributed by atoms with E-state index in [1.54, 1.807) is 0 Å². The van der Waals surface area contributed by atoms with Crippen LogP contribution in [0.25, 0.3) is 0 Å². The van der Waals surface area contributed by atoms with Gasteiger partial charge in [0.15, 0.2) is 5.69 Å². The van der Waals surface area contributed by atoms with Crippen LogP contribution in [0.4, 0.5) is 25.4 Å². The Kier molecular flexibility index (Phi) is 6.97. The lowest BCUT2D eigenvalue weighted by molar-refractivity contribution is 0.0901. The molecular weight excluding hydrogens is 563 g/mol. The Balaban J connectivity index is 1.71. The summed E-state index contributed by atoms with van der Waals surface area (Å²) < 4.78 is 20.1. The number of piperidine rings is 1. The Morgan fingerprint density at radius 3 is 2.51 bits per heavy atom. The molecule has 0 saturated carbocycles. The molecule has 1 atom stereocenters. The molecule has 0 bridgehead atoms. The molecule has 2 aliphatic heterocycles. The quantitative estimate of drug-likeness (QED) is 0.367. The van der Waals surface area contributed by atoms with Crippen LogP contribution in [-0.2, 0) is 16.8 Å². The van der Waals surface area contributed by atoms with Crippen molar-refractivity contribution in [2.24, 2.45) is 5.73 Å². The summed E-state index contributed by atoms with van der Waals surface area (Å²) in [6, 6.07) is 18.0. The largest absolute Gasteiger partial charge is 0.547 e. The van der Waals surface area contributed by atoms with Gasteiger partial charge in [0.1, 0.15) is 24.7 Å². The number of ether oxygens (including phenoxy) is 1. The summed E-state index contributed by atoms with van der Waals surface area (Å²) >= 11 is 9.65. The molecule has 1 spiro atoms. The molecule has 2 heterocycles. The Labute approximate surface area is 227 Å². The predicted molar refractivity (Wildman–Crippen MR) is 145 cm³/mol. The van der Waals surface area contributed by atoms with Crippen molar-refractivity contribution in [2.75, 3.05) is 24.6 Å². The molecular formula is C27H26BrClFN4O3+. The summed E-state index contributed by atoms with van der Waals surface area (Å²) in [7, 11) is 0. The molecule has 192 valence electrons. The maximum absolute atomic E-state index is 14.3. The van der Waals surface area contributed by atoms with Crippen molar-refractivity contribution in [3.63, 3.8) is 0 Å². The van der Waals surface area contributed by atoms with E-state index in [0.717, 1.165) is 47.6 Å². The third kappa shape index (κ3) is 4.50. The van der Waals surface area contributed by atoms with Gasteiger partial charge in [0.2, 0.25) is 0 Å². The number of nitrogens with zero attached hydrogens (tertiary/aromatic N) is 2. The normalized spacial score (nSPS) is 19.9. The van der Waals surface area contributed by atoms with Crippen molar-refractivity contribution in [1.82, 2.24) is 9.91 Å². The molecule has 1 fully saturated rings. The first-order chi connectivity index (χ1) is 17.8. The van der Waals surface area contributed by atoms with E-state index in [0.29, 0.717) is 5.69 Å². The first-order valence-electron chi connectivity index (χ1n) is 11.9. The molecule has 3 aromatic rings. The van der Waals surface area contributed by atoms with Crippen LogP contribution in [-0.4, -0.2) is 31.8 Å². The minimum atomic E-state index is -0.892. The molecule has 2 aliphatic rings. The second-order valence-electron chi connectivity index (χ2n) is 9.41. The summed E-state index contributed by atoms with van der Waals surface area (Å²) in [6.07, 6.45) is 0.840. The maximum atomic E-state index is 14.3. The summed E-state index contributed by atoms with van der Waals surface area (Å²) in [5.74, 6) is -0.646. The van der Waals surface area contributed by atoms with Gasteiger partial charge in [0.25, 0.3) is 0 Å². The Morgan fingerprint density at radius 2 is 1.84 bits per heavy atom. The predicted octanol–water partition coefficient (Wildman–Crippen LogP) is 6.02. The number of rotatable bonds is 3. The average Bonchev–Trinajstić information content (AvgIpc) is 3.15. The minimum Gasteiger partial charge on any atom is -0.413 e. The van der Waals surface area contributed by atoms with Gasteiger partial charge in [-0.3, -0.25) is 0 Å². The van der Waals surface area contributed by atoms with Gasteiger partial charge in [-0.2, -0.15) is 4.79 Å². The van der Waals surface area contributed by atoms with E-state index >= 15 is 0 Å². The van der Waals surface area contributed by atoms with Gasteiger partial charge >= 0.3 is 12.1 Å². The fourth-order valence-electron chi connectivity index (χ4n) is 5.56. The number of urea groups is 1. The summed E-state index contributed by atoms with van der Waals surface area (Å²) in [4.78, 5) is 27.5. The Bertz CT molecular complexity index is 1350. The number of fused-ring (bicyclic) bond motifs is 2. The maximum Gasteiger partial charge on any atom is 0.547 e. The summed E-state index contributed by atoms with van der Waals surface area (Å²) in [6.45, 7) is 1.74. The molecule has 7 nitrogen and oxygen atoms in total. The van der Waals surface area contributed by atoms with E-state index in [1.807, 2.05) is 48.5 Å². The number of carbonyl (C=O) groups excluding carboxylic acids is 2. The van der Waals surface area contributed by atoms with Crippen LogP contribution in [0.3, 0.4) is 0 Å². The van der Waals surface area contributed by atoms with Crippen molar-refractivity contribution in [3.05, 3.63) is 93.2 Å². The van der Waals surface area contributed by atoms with E-state index < -0.39 is 27.9 Å². The van der Waals surface area contributed by atoms with Crippen molar-refractivity contribution in [2.45, 2.75) is 24.9 Å². The first-order valence-corrected chi connectivity index (χ1v) is 13.1. The van der Waals surface area contributed by atoms with E-state index in [9.17, 15) is 14.0 Å². The third-order valence-corrected chi connectivity index (χ3v) is 8.01. The number of hydrogen-bond donors (Lipinski definition) is 2. The van der Waals surface area contributed by atoms with Gasteiger partial charge in [-0.15, -0.1) is 5.01 Å². The highest BCUT2D eigenvalue weighted by molar-refractivity contribution is 9.10. The van der Waals surface area contributed by atoms with Gasteiger partial charge in [-0.05, 0) is 55.8 Å². The smallest absolute Gasteiger partial charge is 0.413 e. The average molecular weight is 589 g/mol. The lowest BCUT2D eigenvalue weighted by Gasteiger charge is -2.40. The van der Waals surface area contributed by atoms with E-state index in [1.165, 1.54) is 17.1 Å². The van der Waals surface area contributed by atoms with E-state index in [4.69, 9.17) is 22.1 Å². The number of carbonyl (C=O) groups is 2. The molecule has 3 N–H and O–H groups in total. The zero-order chi connectivity index (χ0) is 26.2. The SMILES string of the molecule is NC(=O)N(c1ccc(F)c(Cl)c1)[N+]1(C(=O)OCc2ccccc2)CC2(CCNCC2)c2ccc(Br)cc21. The molecule has 10 heteroatoms. The van der Waals surface area contributed by atoms with Crippen LogP contribution >= 0.6 is 27.5 Å². The highest BCUT2D eigenvalue weighted by atomic mass is 79.9. The van der Waals surface area contributed by atoms with Crippen LogP contribution in [0.15, 0.2) is 71.2 Å². The van der Waals surface area contributed by atoms with Crippen LogP contribution < -0.4 is 20.7 Å². The van der Waals surface area contributed by atoms with Crippen LogP contribution in [0.2, 0.25) is 5.02 Å². The molecule has 3 aromatic carbocycles. The molecule has 1 unspecified atom stereocenters. The Hall–Kier alpha value is -2.98. The van der Waals surface area contributed by atoms with Crippen molar-refractivity contribution >= 4 is 51.0 Å². The lowest BCUT2D eigenvalue weighted by atomic mass is 9.75. The standard InChI is InChI=1S/C27H25BrClFN4O3/c28-19-6-8-21-24(14-19)34(17-27(21)10-12-32-13-11-27,26(36)37-16-18-4-2-1-3-5-18)33(25(31)35)20-7-9-23(30)22(29)15-20/h1-9,14-15,32H,10-13,16-17H2,(H-,31,35)/p+1. The molecule has 5 rings (SSSR count). The number of hydrogen-bond acceptors (Lipinski definition) is 4. The second-order valence-corrected chi connectivity index (χ2v) is 10.7. The zero-order valence-electron chi connectivity index (χ0n) is 19.9. The zero-order valence-corrected chi connectivity index (χ0v) is 22.3. The minimum absolute atomic E-state index is 0.00828. The van der Waals surface area contributed by atoms with Crippen LogP contribution in [0.1, 0.15) is 24.0 Å². The number of amides is 3. The second kappa shape index (κ2) is 10.1. The first kappa shape index (κ1) is 25.7. The van der Waals surface area contributed by atoms with Gasteiger partial charge in [0, 0.05) is 16.1 Å². The third-order valence-electron chi connectivity index (χ3n) is 7.23. The number of primary amides is 1. The number of benzene rings is 3. The lowest BCUT2D eigenvalue weighted by Crippen LogP contribution is -2.69. The van der Waals surface area contributed by atoms with Gasteiger partial charge in [-0.25, -0.2) is 9.18 Å². The topological polar surface area (TPSA) is 84.7 Å². The highest BCUT2D eigenvalue weighted by Crippen LogP contribution is 2.53. The number of nitrogens with one attached hydrogen (secondary N) is 1. The summed E-state index contributed by atoms with van der Waals surface area (Å²) in [5.41, 5.74) is 8.09. The van der Waals surface area contributed by atoms with Crippen LogP contribution in [0.5, 0.6) is 0 Å². The number of anilines is 1. The Morgan fingerprint density at radius 1 is 1.11 bits per heavy atom. The van der Waals surface area contributed by atoms with Gasteiger partial charge < -0.3 is 15.8 Å². The highest BCUT2D eigenvalue weighted by Gasteiger charge is 2.64. The molecule has 0 aliphatic carbocycles. The van der Waals surface area contributed by atoms with E-state index in [2.05, 4.69) is 21.2 Å². The number of halogens is 3. The molecule has 37 heavy (non-hydrogen) atoms. The molecule has 0 radical (unpaired) electrons. The van der Waals surface area contributed by atoms with Crippen molar-refractivity contribution in [1.29, 1.82) is 0 Å². The monoisotopic (exact) mass is 587 g/mol. The van der Waals surface area contributed by atoms with Crippen molar-refractivity contribution < 1.29 is 18.7 Å². The van der Waals surface area contributed by atoms with Crippen LogP contribution in [0, 0.1) is 5.82 Å². The van der Waals surface area contributed by atoms with Gasteiger partial charge in [-0.1, -0.05) is 68.5 Å². The van der Waals surface area contributed by atoms with E-state index in [-0.39, 0.29) is 23.9 Å².